The molecule has 4 N–H and O–H groups in total. The maximum atomic E-state index is 12.4. The first-order chi connectivity index (χ1) is 25.6. The predicted molar refractivity (Wildman–Crippen MR) is 227 cm³/mol. The smallest absolute Gasteiger partial charge is 0.220 e. The highest BCUT2D eigenvalue weighted by Crippen LogP contribution is 2.15. The number of carbonyl (C=O) groups excluding carboxylic acids is 1. The van der Waals surface area contributed by atoms with Crippen LogP contribution in [0.3, 0.4) is 0 Å². The molecule has 5 nitrogen and oxygen atoms in total. The van der Waals surface area contributed by atoms with E-state index in [4.69, 9.17) is 0 Å². The average Bonchev–Trinajstić information content (AvgIpc) is 3.15. The molecule has 0 heterocycles. The number of unbranched alkanes of at least 4 members (excludes halogenated alkanes) is 27. The van der Waals surface area contributed by atoms with Crippen LogP contribution in [-0.2, 0) is 4.79 Å². The molecular weight excluding hydrogens is 643 g/mol. The number of rotatable bonds is 41. The third-order valence-corrected chi connectivity index (χ3v) is 10.4. The number of hydrogen-bond donors (Lipinski definition) is 4. The fourth-order valence-corrected chi connectivity index (χ4v) is 6.88. The van der Waals surface area contributed by atoms with Crippen molar-refractivity contribution in [1.29, 1.82) is 0 Å². The molecule has 3 atom stereocenters. The molecule has 0 aliphatic rings. The van der Waals surface area contributed by atoms with Crippen molar-refractivity contribution in [3.63, 3.8) is 0 Å². The van der Waals surface area contributed by atoms with Crippen LogP contribution in [0.15, 0.2) is 36.5 Å². The van der Waals surface area contributed by atoms with E-state index in [9.17, 15) is 20.1 Å². The van der Waals surface area contributed by atoms with Gasteiger partial charge in [-0.3, -0.25) is 4.79 Å². The number of carbonyl (C=O) groups is 1. The van der Waals surface area contributed by atoms with Gasteiger partial charge in [-0.2, -0.15) is 0 Å². The molecule has 0 aliphatic heterocycles. The van der Waals surface area contributed by atoms with Gasteiger partial charge >= 0.3 is 0 Å². The lowest BCUT2D eigenvalue weighted by Crippen LogP contribution is -2.50. The number of aliphatic hydroxyl groups excluding tert-OH is 3. The normalized spacial score (nSPS) is 13.9. The Morgan fingerprint density at radius 3 is 1.17 bits per heavy atom. The van der Waals surface area contributed by atoms with Crippen molar-refractivity contribution >= 4 is 5.91 Å². The third-order valence-electron chi connectivity index (χ3n) is 10.4. The molecule has 0 bridgehead atoms. The van der Waals surface area contributed by atoms with Gasteiger partial charge in [0, 0.05) is 6.42 Å². The molecule has 3 unspecified atom stereocenters. The van der Waals surface area contributed by atoms with Crippen molar-refractivity contribution in [1.82, 2.24) is 5.32 Å². The van der Waals surface area contributed by atoms with Gasteiger partial charge in [-0.15, -0.1) is 0 Å². The number of nitrogens with one attached hydrogen (secondary N) is 1. The van der Waals surface area contributed by atoms with Gasteiger partial charge in [0.05, 0.1) is 18.8 Å². The third kappa shape index (κ3) is 36.9. The SMILES string of the molecule is CCCCCCCC/C=C/CC/C=C/CCCC(O)C(O)C(CO)NC(=O)CCCCCCCCC/C=C\CCCCCCCCCCCCCC. The van der Waals surface area contributed by atoms with Crippen molar-refractivity contribution in [2.24, 2.45) is 0 Å². The van der Waals surface area contributed by atoms with E-state index in [1.54, 1.807) is 0 Å². The highest BCUT2D eigenvalue weighted by Gasteiger charge is 2.26. The van der Waals surface area contributed by atoms with Crippen molar-refractivity contribution in [2.45, 2.75) is 250 Å². The Morgan fingerprint density at radius 1 is 0.462 bits per heavy atom. The zero-order valence-corrected chi connectivity index (χ0v) is 34.7. The van der Waals surface area contributed by atoms with E-state index < -0.39 is 18.2 Å². The van der Waals surface area contributed by atoms with E-state index in [0.717, 1.165) is 44.9 Å². The summed E-state index contributed by atoms with van der Waals surface area (Å²) >= 11 is 0. The molecule has 0 saturated carbocycles. The Balaban J connectivity index is 3.66. The standard InChI is InChI=1S/C47H89NO4/c1-3-5-7-9-11-13-15-17-19-20-21-22-23-24-25-26-28-30-32-34-36-38-40-42-46(51)48-44(43-49)47(52)45(50)41-39-37-35-33-31-29-27-18-16-14-12-10-8-6-4-2/h18,24-25,27,33,35,44-45,47,49-50,52H,3-17,19-23,26,28-32,34,36-43H2,1-2H3,(H,48,51)/b25-24-,27-18+,35-33+. The minimum Gasteiger partial charge on any atom is -0.394 e. The van der Waals surface area contributed by atoms with Crippen LogP contribution < -0.4 is 5.32 Å². The first-order valence-corrected chi connectivity index (χ1v) is 22.8. The Bertz CT molecular complexity index is 809. The topological polar surface area (TPSA) is 89.8 Å². The van der Waals surface area contributed by atoms with Crippen LogP contribution in [0.5, 0.6) is 0 Å². The average molecular weight is 732 g/mol. The summed E-state index contributed by atoms with van der Waals surface area (Å²) in [6.07, 6.45) is 52.6. The Labute approximate surface area is 324 Å². The minimum absolute atomic E-state index is 0.162. The number of hydrogen-bond acceptors (Lipinski definition) is 4. The van der Waals surface area contributed by atoms with Crippen molar-refractivity contribution in [3.8, 4) is 0 Å². The van der Waals surface area contributed by atoms with Crippen LogP contribution in [-0.4, -0.2) is 46.1 Å². The lowest BCUT2D eigenvalue weighted by Gasteiger charge is -2.26. The van der Waals surface area contributed by atoms with Gasteiger partial charge in [-0.05, 0) is 77.0 Å². The molecule has 0 fully saturated rings. The van der Waals surface area contributed by atoms with Gasteiger partial charge in [0.1, 0.15) is 6.10 Å². The Kier molecular flexibility index (Phi) is 41.1. The van der Waals surface area contributed by atoms with Crippen LogP contribution in [0, 0.1) is 0 Å². The first kappa shape index (κ1) is 50.6. The molecule has 52 heavy (non-hydrogen) atoms. The Hall–Kier alpha value is -1.43. The van der Waals surface area contributed by atoms with Crippen LogP contribution in [0.4, 0.5) is 0 Å². The van der Waals surface area contributed by atoms with Gasteiger partial charge in [0.2, 0.25) is 5.91 Å². The van der Waals surface area contributed by atoms with Crippen LogP contribution in [0.2, 0.25) is 0 Å². The second-order valence-corrected chi connectivity index (χ2v) is 15.6. The summed E-state index contributed by atoms with van der Waals surface area (Å²) in [4.78, 5) is 12.4. The van der Waals surface area contributed by atoms with E-state index in [-0.39, 0.29) is 12.5 Å². The molecule has 0 saturated heterocycles. The second kappa shape index (κ2) is 42.3. The maximum Gasteiger partial charge on any atom is 0.220 e. The quantitative estimate of drug-likeness (QED) is 0.0372. The van der Waals surface area contributed by atoms with E-state index in [2.05, 4.69) is 55.6 Å². The van der Waals surface area contributed by atoms with E-state index in [1.807, 2.05) is 0 Å². The Morgan fingerprint density at radius 2 is 0.788 bits per heavy atom. The summed E-state index contributed by atoms with van der Waals surface area (Å²) in [6, 6.07) is -0.834. The van der Waals surface area contributed by atoms with E-state index >= 15 is 0 Å². The van der Waals surface area contributed by atoms with Crippen LogP contribution in [0.1, 0.15) is 232 Å². The molecule has 0 aromatic carbocycles. The van der Waals surface area contributed by atoms with Gasteiger partial charge < -0.3 is 20.6 Å². The first-order valence-electron chi connectivity index (χ1n) is 22.8. The zero-order chi connectivity index (χ0) is 38.0. The molecule has 0 aromatic rings. The number of allylic oxidation sites excluding steroid dienone is 6. The molecule has 0 aliphatic carbocycles. The highest BCUT2D eigenvalue weighted by atomic mass is 16.3. The molecule has 0 spiro atoms. The summed E-state index contributed by atoms with van der Waals surface area (Å²) in [5.74, 6) is -0.162. The van der Waals surface area contributed by atoms with Crippen LogP contribution in [0.25, 0.3) is 0 Å². The van der Waals surface area contributed by atoms with E-state index in [1.165, 1.54) is 161 Å². The highest BCUT2D eigenvalue weighted by molar-refractivity contribution is 5.76. The molecular formula is C47H89NO4. The van der Waals surface area contributed by atoms with Gasteiger partial charge in [-0.1, -0.05) is 185 Å². The lowest BCUT2D eigenvalue weighted by atomic mass is 10.0. The maximum absolute atomic E-state index is 12.4. The minimum atomic E-state index is -1.17. The number of aliphatic hydroxyl groups is 3. The molecule has 0 aromatic heterocycles. The summed E-state index contributed by atoms with van der Waals surface area (Å²) < 4.78 is 0. The summed E-state index contributed by atoms with van der Waals surface area (Å²) in [5.41, 5.74) is 0. The van der Waals surface area contributed by atoms with Gasteiger partial charge in [0.25, 0.3) is 0 Å². The van der Waals surface area contributed by atoms with Gasteiger partial charge in [-0.25, -0.2) is 0 Å². The fourth-order valence-electron chi connectivity index (χ4n) is 6.88. The molecule has 5 heteroatoms. The molecule has 1 amide bonds. The monoisotopic (exact) mass is 732 g/mol. The predicted octanol–water partition coefficient (Wildman–Crippen LogP) is 13.2. The van der Waals surface area contributed by atoms with Gasteiger partial charge in [0.15, 0.2) is 0 Å². The number of amides is 1. The van der Waals surface area contributed by atoms with Crippen molar-refractivity contribution in [3.05, 3.63) is 36.5 Å². The van der Waals surface area contributed by atoms with Crippen LogP contribution >= 0.6 is 0 Å². The molecule has 0 rings (SSSR count). The molecule has 306 valence electrons. The summed E-state index contributed by atoms with van der Waals surface area (Å²) in [7, 11) is 0. The second-order valence-electron chi connectivity index (χ2n) is 15.6. The molecule has 0 radical (unpaired) electrons. The summed E-state index contributed by atoms with van der Waals surface area (Å²) in [6.45, 7) is 4.16. The lowest BCUT2D eigenvalue weighted by molar-refractivity contribution is -0.124. The zero-order valence-electron chi connectivity index (χ0n) is 34.7. The largest absolute Gasteiger partial charge is 0.394 e. The van der Waals surface area contributed by atoms with E-state index in [0.29, 0.717) is 12.8 Å². The van der Waals surface area contributed by atoms with Crippen molar-refractivity contribution in [2.75, 3.05) is 6.61 Å². The van der Waals surface area contributed by atoms with Crippen molar-refractivity contribution < 1.29 is 20.1 Å². The fraction of sp³-hybridized carbons (Fsp3) is 0.851. The summed E-state index contributed by atoms with van der Waals surface area (Å²) in [5, 5.41) is 33.5.